The molecule has 1 unspecified atom stereocenters. The van der Waals surface area contributed by atoms with Crippen LogP contribution in [0.3, 0.4) is 0 Å². The number of fused-ring (bicyclic) bond motifs is 1. The quantitative estimate of drug-likeness (QED) is 0.694. The molecule has 2 aromatic carbocycles. The standard InChI is InChI=1S/C16H15NO/c1-16(2)13-10-6-7-11-14(13)17(15(16)18)12-8-4-3-5-9-12/h3-11H,1-2H3/i1+1. The third-order valence-electron chi connectivity index (χ3n) is 3.57. The second kappa shape index (κ2) is 3.70. The van der Waals surface area contributed by atoms with Crippen LogP contribution in [0.15, 0.2) is 54.6 Å². The van der Waals surface area contributed by atoms with E-state index in [-0.39, 0.29) is 5.91 Å². The van der Waals surface area contributed by atoms with E-state index < -0.39 is 5.41 Å². The second-order valence-electron chi connectivity index (χ2n) is 5.12. The van der Waals surface area contributed by atoms with Crippen molar-refractivity contribution in [3.8, 4) is 0 Å². The number of rotatable bonds is 1. The van der Waals surface area contributed by atoms with Crippen LogP contribution in [0.2, 0.25) is 0 Å². The summed E-state index contributed by atoms with van der Waals surface area (Å²) in [4.78, 5) is 14.4. The van der Waals surface area contributed by atoms with Crippen molar-refractivity contribution >= 4 is 17.3 Å². The molecule has 2 heteroatoms. The van der Waals surface area contributed by atoms with Crippen molar-refractivity contribution in [3.63, 3.8) is 0 Å². The van der Waals surface area contributed by atoms with E-state index in [1.807, 2.05) is 73.3 Å². The molecule has 0 spiro atoms. The highest BCUT2D eigenvalue weighted by Gasteiger charge is 2.44. The molecule has 1 aliphatic heterocycles. The minimum atomic E-state index is -0.452. The van der Waals surface area contributed by atoms with E-state index in [4.69, 9.17) is 0 Å². The van der Waals surface area contributed by atoms with Gasteiger partial charge in [-0.2, -0.15) is 0 Å². The third-order valence-corrected chi connectivity index (χ3v) is 3.57. The minimum absolute atomic E-state index is 0.134. The summed E-state index contributed by atoms with van der Waals surface area (Å²) in [5.41, 5.74) is 2.57. The van der Waals surface area contributed by atoms with E-state index in [1.165, 1.54) is 0 Å². The minimum Gasteiger partial charge on any atom is -0.280 e. The molecule has 1 atom stereocenters. The van der Waals surface area contributed by atoms with Crippen LogP contribution in [0.25, 0.3) is 0 Å². The summed E-state index contributed by atoms with van der Waals surface area (Å²) < 4.78 is 0. The lowest BCUT2D eigenvalue weighted by Crippen LogP contribution is -2.33. The maximum atomic E-state index is 12.6. The number of amides is 1. The Morgan fingerprint density at radius 1 is 0.889 bits per heavy atom. The topological polar surface area (TPSA) is 20.3 Å². The maximum Gasteiger partial charge on any atom is 0.241 e. The van der Waals surface area contributed by atoms with E-state index in [0.29, 0.717) is 0 Å². The van der Waals surface area contributed by atoms with Gasteiger partial charge in [-0.1, -0.05) is 36.4 Å². The number of anilines is 2. The second-order valence-corrected chi connectivity index (χ2v) is 5.12. The first-order valence-electron chi connectivity index (χ1n) is 6.11. The van der Waals surface area contributed by atoms with E-state index in [0.717, 1.165) is 16.9 Å². The van der Waals surface area contributed by atoms with Gasteiger partial charge in [-0.25, -0.2) is 0 Å². The number of hydrogen-bond donors (Lipinski definition) is 0. The molecule has 0 aliphatic carbocycles. The molecule has 0 fully saturated rings. The van der Waals surface area contributed by atoms with Gasteiger partial charge in [-0.15, -0.1) is 0 Å². The Labute approximate surface area is 107 Å². The Hall–Kier alpha value is -2.09. The normalized spacial score (nSPS) is 22.1. The number of para-hydroxylation sites is 2. The molecule has 1 aliphatic rings. The van der Waals surface area contributed by atoms with Crippen molar-refractivity contribution in [2.75, 3.05) is 4.90 Å². The van der Waals surface area contributed by atoms with Crippen molar-refractivity contribution in [1.82, 2.24) is 0 Å². The molecule has 2 aromatic rings. The number of hydrogen-bond acceptors (Lipinski definition) is 1. The molecule has 0 saturated carbocycles. The Kier molecular flexibility index (Phi) is 2.27. The van der Waals surface area contributed by atoms with Gasteiger partial charge in [-0.3, -0.25) is 9.69 Å². The molecule has 0 radical (unpaired) electrons. The fraction of sp³-hybridized carbons (Fsp3) is 0.188. The monoisotopic (exact) mass is 238 g/mol. The predicted octanol–water partition coefficient (Wildman–Crippen LogP) is 3.64. The fourth-order valence-corrected chi connectivity index (χ4v) is 2.53. The zero-order valence-electron chi connectivity index (χ0n) is 10.6. The average molecular weight is 238 g/mol. The largest absolute Gasteiger partial charge is 0.280 e. The number of benzene rings is 2. The first-order chi connectivity index (χ1) is 8.62. The lowest BCUT2D eigenvalue weighted by molar-refractivity contribution is -0.121. The van der Waals surface area contributed by atoms with Crippen molar-refractivity contribution < 1.29 is 4.79 Å². The van der Waals surface area contributed by atoms with Gasteiger partial charge in [0.05, 0.1) is 11.1 Å². The summed E-state index contributed by atoms with van der Waals surface area (Å²) in [6, 6.07) is 17.8. The molecule has 1 amide bonds. The van der Waals surface area contributed by atoms with Crippen LogP contribution in [0.4, 0.5) is 11.4 Å². The molecular weight excluding hydrogens is 223 g/mol. The molecule has 90 valence electrons. The van der Waals surface area contributed by atoms with Crippen LogP contribution in [0.1, 0.15) is 19.4 Å². The summed E-state index contributed by atoms with van der Waals surface area (Å²) in [5, 5.41) is 0. The molecule has 0 bridgehead atoms. The highest BCUT2D eigenvalue weighted by atomic mass is 16.2. The molecule has 0 N–H and O–H groups in total. The van der Waals surface area contributed by atoms with Crippen LogP contribution in [-0.2, 0) is 10.2 Å². The predicted molar refractivity (Wildman–Crippen MR) is 73.1 cm³/mol. The number of carbonyl (C=O) groups is 1. The Morgan fingerprint density at radius 2 is 1.50 bits per heavy atom. The highest BCUT2D eigenvalue weighted by molar-refractivity contribution is 6.12. The van der Waals surface area contributed by atoms with E-state index in [9.17, 15) is 4.79 Å². The van der Waals surface area contributed by atoms with Gasteiger partial charge >= 0.3 is 0 Å². The molecule has 0 aromatic heterocycles. The van der Waals surface area contributed by atoms with E-state index in [2.05, 4.69) is 0 Å². The fourth-order valence-electron chi connectivity index (χ4n) is 2.53. The Bertz CT molecular complexity index is 602. The van der Waals surface area contributed by atoms with Crippen LogP contribution >= 0.6 is 0 Å². The Balaban J connectivity index is 2.21. The third kappa shape index (κ3) is 1.39. The summed E-state index contributed by atoms with van der Waals surface area (Å²) in [5.74, 6) is 0.134. The van der Waals surface area contributed by atoms with Crippen LogP contribution in [-0.4, -0.2) is 5.91 Å². The molecule has 3 rings (SSSR count). The average Bonchev–Trinajstić information content (AvgIpc) is 2.60. The molecule has 1 heterocycles. The molecule has 2 nitrogen and oxygen atoms in total. The van der Waals surface area contributed by atoms with Gasteiger partial charge in [0.25, 0.3) is 0 Å². The molecule has 0 saturated heterocycles. The summed E-state index contributed by atoms with van der Waals surface area (Å²) in [6.07, 6.45) is 0. The van der Waals surface area contributed by atoms with Crippen LogP contribution in [0, 0.1) is 0 Å². The first kappa shape index (κ1) is 11.0. The lowest BCUT2D eigenvalue weighted by atomic mass is 9.92. The maximum absolute atomic E-state index is 12.6. The van der Waals surface area contributed by atoms with Crippen molar-refractivity contribution in [2.24, 2.45) is 0 Å². The molecular formula is C16H15NO. The van der Waals surface area contributed by atoms with E-state index in [1.54, 1.807) is 0 Å². The zero-order chi connectivity index (χ0) is 12.8. The van der Waals surface area contributed by atoms with Gasteiger partial charge in [0.15, 0.2) is 0 Å². The smallest absolute Gasteiger partial charge is 0.241 e. The Morgan fingerprint density at radius 3 is 2.22 bits per heavy atom. The van der Waals surface area contributed by atoms with Crippen molar-refractivity contribution in [1.29, 1.82) is 0 Å². The van der Waals surface area contributed by atoms with Gasteiger partial charge < -0.3 is 0 Å². The summed E-state index contributed by atoms with van der Waals surface area (Å²) in [7, 11) is 0. The van der Waals surface area contributed by atoms with Crippen molar-refractivity contribution in [2.45, 2.75) is 19.3 Å². The first-order valence-corrected chi connectivity index (χ1v) is 6.11. The highest BCUT2D eigenvalue weighted by Crippen LogP contribution is 2.44. The van der Waals surface area contributed by atoms with Crippen LogP contribution < -0.4 is 4.90 Å². The van der Waals surface area contributed by atoms with Gasteiger partial charge in [0, 0.05) is 5.69 Å². The van der Waals surface area contributed by atoms with Crippen molar-refractivity contribution in [3.05, 3.63) is 60.2 Å². The van der Waals surface area contributed by atoms with Gasteiger partial charge in [-0.05, 0) is 37.6 Å². The van der Waals surface area contributed by atoms with Gasteiger partial charge in [0.2, 0.25) is 5.91 Å². The molecule has 18 heavy (non-hydrogen) atoms. The summed E-state index contributed by atoms with van der Waals surface area (Å²) >= 11 is 0. The summed E-state index contributed by atoms with van der Waals surface area (Å²) in [6.45, 7) is 3.97. The zero-order valence-corrected chi connectivity index (χ0v) is 10.6. The van der Waals surface area contributed by atoms with Gasteiger partial charge in [0.1, 0.15) is 0 Å². The number of nitrogens with zero attached hydrogens (tertiary/aromatic N) is 1. The SMILES string of the molecule is CC1([13CH3])C(=O)N(c2ccccc2)c2ccccc21. The van der Waals surface area contributed by atoms with Crippen LogP contribution in [0.5, 0.6) is 0 Å². The number of carbonyl (C=O) groups excluding carboxylic acids is 1. The van der Waals surface area contributed by atoms with E-state index >= 15 is 0 Å². The lowest BCUT2D eigenvalue weighted by Gasteiger charge is -2.20.